The lowest BCUT2D eigenvalue weighted by atomic mass is 10.2. The van der Waals surface area contributed by atoms with Crippen molar-refractivity contribution in [2.45, 2.75) is 49.4 Å². The molecule has 0 bridgehead atoms. The SMILES string of the molecule is COC(=O)C1=NO[C@@H](CSc2nnnn2C2CCCC2)C1. The molecule has 1 saturated carbocycles. The summed E-state index contributed by atoms with van der Waals surface area (Å²) in [6, 6.07) is 0.411. The number of thioether (sulfide) groups is 1. The number of oxime groups is 1. The quantitative estimate of drug-likeness (QED) is 0.596. The highest BCUT2D eigenvalue weighted by atomic mass is 32.2. The average Bonchev–Trinajstić information content (AvgIpc) is 3.22. The van der Waals surface area contributed by atoms with Gasteiger partial charge in [-0.15, -0.1) is 5.10 Å². The maximum atomic E-state index is 11.3. The van der Waals surface area contributed by atoms with Gasteiger partial charge in [-0.25, -0.2) is 9.48 Å². The highest BCUT2D eigenvalue weighted by Gasteiger charge is 2.28. The number of ether oxygens (including phenoxy) is 1. The van der Waals surface area contributed by atoms with Crippen LogP contribution in [0.5, 0.6) is 0 Å². The van der Waals surface area contributed by atoms with E-state index in [0.29, 0.717) is 23.9 Å². The fourth-order valence-electron chi connectivity index (χ4n) is 2.58. The maximum absolute atomic E-state index is 11.3. The van der Waals surface area contributed by atoms with Crippen molar-refractivity contribution in [3.63, 3.8) is 0 Å². The molecule has 2 heterocycles. The van der Waals surface area contributed by atoms with Crippen LogP contribution in [0.4, 0.5) is 0 Å². The van der Waals surface area contributed by atoms with Crippen LogP contribution < -0.4 is 0 Å². The molecule has 0 spiro atoms. The lowest BCUT2D eigenvalue weighted by molar-refractivity contribution is -0.132. The van der Waals surface area contributed by atoms with E-state index in [-0.39, 0.29) is 6.10 Å². The van der Waals surface area contributed by atoms with Crippen molar-refractivity contribution < 1.29 is 14.4 Å². The maximum Gasteiger partial charge on any atom is 0.355 e. The van der Waals surface area contributed by atoms with Crippen molar-refractivity contribution in [3.8, 4) is 0 Å². The van der Waals surface area contributed by atoms with E-state index in [4.69, 9.17) is 4.84 Å². The monoisotopic (exact) mass is 311 g/mol. The van der Waals surface area contributed by atoms with Crippen LogP contribution in [0.3, 0.4) is 0 Å². The van der Waals surface area contributed by atoms with Gasteiger partial charge in [-0.2, -0.15) is 0 Å². The van der Waals surface area contributed by atoms with Crippen LogP contribution in [0.25, 0.3) is 0 Å². The molecule has 0 saturated heterocycles. The van der Waals surface area contributed by atoms with E-state index in [1.165, 1.54) is 31.7 Å². The standard InChI is InChI=1S/C12H17N5O3S/c1-19-11(18)10-6-9(20-14-10)7-21-12-13-15-16-17(12)8-4-2-3-5-8/h8-9H,2-7H2,1H3/t9-/m1/s1. The summed E-state index contributed by atoms with van der Waals surface area (Å²) < 4.78 is 6.54. The van der Waals surface area contributed by atoms with Gasteiger partial charge in [0, 0.05) is 12.2 Å². The minimum absolute atomic E-state index is 0.141. The van der Waals surface area contributed by atoms with Crippen molar-refractivity contribution in [2.75, 3.05) is 12.9 Å². The van der Waals surface area contributed by atoms with E-state index in [2.05, 4.69) is 25.4 Å². The lowest BCUT2D eigenvalue weighted by Crippen LogP contribution is -2.18. The normalized spacial score (nSPS) is 22.1. The van der Waals surface area contributed by atoms with Gasteiger partial charge in [0.2, 0.25) is 5.16 Å². The number of hydrogen-bond acceptors (Lipinski definition) is 8. The molecule has 2 aliphatic rings. The van der Waals surface area contributed by atoms with Crippen LogP contribution in [0.2, 0.25) is 0 Å². The molecule has 1 atom stereocenters. The van der Waals surface area contributed by atoms with E-state index < -0.39 is 5.97 Å². The number of nitrogens with zero attached hydrogens (tertiary/aromatic N) is 5. The minimum atomic E-state index is -0.432. The Hall–Kier alpha value is -1.64. The zero-order valence-corrected chi connectivity index (χ0v) is 12.6. The summed E-state index contributed by atoms with van der Waals surface area (Å²) in [6.45, 7) is 0. The van der Waals surface area contributed by atoms with E-state index >= 15 is 0 Å². The molecule has 9 heteroatoms. The zero-order valence-electron chi connectivity index (χ0n) is 11.8. The number of esters is 1. The van der Waals surface area contributed by atoms with Gasteiger partial charge in [0.25, 0.3) is 0 Å². The average molecular weight is 311 g/mol. The summed E-state index contributed by atoms with van der Waals surface area (Å²) in [4.78, 5) is 16.6. The second kappa shape index (κ2) is 6.42. The summed E-state index contributed by atoms with van der Waals surface area (Å²) in [7, 11) is 1.34. The first-order valence-electron chi connectivity index (χ1n) is 6.99. The predicted molar refractivity (Wildman–Crippen MR) is 75.0 cm³/mol. The molecule has 1 aliphatic carbocycles. The third-order valence-electron chi connectivity index (χ3n) is 3.69. The van der Waals surface area contributed by atoms with Gasteiger partial charge in [0.15, 0.2) is 5.71 Å². The third-order valence-corrected chi connectivity index (χ3v) is 4.75. The highest BCUT2D eigenvalue weighted by Crippen LogP contribution is 2.32. The van der Waals surface area contributed by atoms with E-state index in [0.717, 1.165) is 18.0 Å². The largest absolute Gasteiger partial charge is 0.464 e. The Morgan fingerprint density at radius 1 is 1.48 bits per heavy atom. The molecular formula is C12H17N5O3S. The van der Waals surface area contributed by atoms with Crippen molar-refractivity contribution in [1.29, 1.82) is 0 Å². The predicted octanol–water partition coefficient (Wildman–Crippen LogP) is 1.20. The molecule has 1 fully saturated rings. The zero-order chi connectivity index (χ0) is 14.7. The van der Waals surface area contributed by atoms with Crippen LogP contribution in [-0.4, -0.2) is 50.9 Å². The first-order valence-corrected chi connectivity index (χ1v) is 7.98. The van der Waals surface area contributed by atoms with Crippen LogP contribution in [0.1, 0.15) is 38.1 Å². The Balaban J connectivity index is 1.53. The minimum Gasteiger partial charge on any atom is -0.464 e. The van der Waals surface area contributed by atoms with Gasteiger partial charge in [-0.3, -0.25) is 0 Å². The smallest absolute Gasteiger partial charge is 0.355 e. The van der Waals surface area contributed by atoms with Crippen molar-refractivity contribution in [2.24, 2.45) is 5.16 Å². The molecule has 3 rings (SSSR count). The Labute approximate surface area is 126 Å². The molecule has 1 aliphatic heterocycles. The Bertz CT molecular complexity index is 541. The molecule has 0 unspecified atom stereocenters. The molecule has 1 aromatic rings. The van der Waals surface area contributed by atoms with Crippen molar-refractivity contribution in [3.05, 3.63) is 0 Å². The first kappa shape index (κ1) is 14.3. The second-order valence-electron chi connectivity index (χ2n) is 5.12. The summed E-state index contributed by atoms with van der Waals surface area (Å²) in [5.41, 5.74) is 0.332. The molecular weight excluding hydrogens is 294 g/mol. The number of carbonyl (C=O) groups excluding carboxylic acids is 1. The molecule has 114 valence electrons. The highest BCUT2D eigenvalue weighted by molar-refractivity contribution is 7.99. The molecule has 0 amide bonds. The van der Waals surface area contributed by atoms with Crippen LogP contribution in [-0.2, 0) is 14.4 Å². The lowest BCUT2D eigenvalue weighted by Gasteiger charge is -2.11. The number of methoxy groups -OCH3 is 1. The fourth-order valence-corrected chi connectivity index (χ4v) is 3.51. The van der Waals surface area contributed by atoms with E-state index in [1.807, 2.05) is 4.68 Å². The van der Waals surface area contributed by atoms with Crippen LogP contribution in [0, 0.1) is 0 Å². The summed E-state index contributed by atoms with van der Waals surface area (Å²) in [5.74, 6) is 0.218. The number of carbonyl (C=O) groups is 1. The summed E-state index contributed by atoms with van der Waals surface area (Å²) in [6.07, 6.45) is 5.05. The number of rotatable bonds is 5. The van der Waals surface area contributed by atoms with Gasteiger partial charge in [0.05, 0.1) is 13.2 Å². The number of aromatic nitrogens is 4. The molecule has 0 aromatic carbocycles. The number of tetrazole rings is 1. The second-order valence-corrected chi connectivity index (χ2v) is 6.10. The number of hydrogen-bond donors (Lipinski definition) is 0. The van der Waals surface area contributed by atoms with Crippen molar-refractivity contribution in [1.82, 2.24) is 20.2 Å². The molecule has 1 aromatic heterocycles. The van der Waals surface area contributed by atoms with E-state index in [1.54, 1.807) is 0 Å². The third kappa shape index (κ3) is 3.17. The topological polar surface area (TPSA) is 91.5 Å². The molecule has 0 radical (unpaired) electrons. The summed E-state index contributed by atoms with van der Waals surface area (Å²) >= 11 is 1.54. The van der Waals surface area contributed by atoms with Crippen LogP contribution in [0.15, 0.2) is 10.3 Å². The van der Waals surface area contributed by atoms with E-state index in [9.17, 15) is 4.79 Å². The molecule has 0 N–H and O–H groups in total. The Kier molecular flexibility index (Phi) is 4.37. The van der Waals surface area contributed by atoms with Crippen molar-refractivity contribution >= 4 is 23.4 Å². The van der Waals surface area contributed by atoms with Gasteiger partial charge < -0.3 is 9.57 Å². The van der Waals surface area contributed by atoms with Gasteiger partial charge in [-0.05, 0) is 23.3 Å². The van der Waals surface area contributed by atoms with Crippen LogP contribution >= 0.6 is 11.8 Å². The Morgan fingerprint density at radius 3 is 3.05 bits per heavy atom. The van der Waals surface area contributed by atoms with Gasteiger partial charge >= 0.3 is 5.97 Å². The molecule has 21 heavy (non-hydrogen) atoms. The van der Waals surface area contributed by atoms with Gasteiger partial charge in [0.1, 0.15) is 6.10 Å². The first-order chi connectivity index (χ1) is 10.3. The Morgan fingerprint density at radius 2 is 2.29 bits per heavy atom. The fraction of sp³-hybridized carbons (Fsp3) is 0.750. The summed E-state index contributed by atoms with van der Waals surface area (Å²) in [5, 5.41) is 16.5. The van der Waals surface area contributed by atoms with Gasteiger partial charge in [-0.1, -0.05) is 29.8 Å². The molecule has 8 nitrogen and oxygen atoms in total.